The van der Waals surface area contributed by atoms with Gasteiger partial charge in [0.05, 0.1) is 12.2 Å². The summed E-state index contributed by atoms with van der Waals surface area (Å²) in [5.41, 5.74) is 2.77. The monoisotopic (exact) mass is 431 g/mol. The molecule has 0 saturated carbocycles. The average molecular weight is 431 g/mol. The number of aliphatic hydroxyl groups is 1. The normalized spacial score (nSPS) is 17.8. The number of nitrogens with zero attached hydrogens (tertiary/aromatic N) is 1. The van der Waals surface area contributed by atoms with Crippen LogP contribution in [0.2, 0.25) is 0 Å². The molecule has 1 unspecified atom stereocenters. The smallest absolute Gasteiger partial charge is 0.300 e. The van der Waals surface area contributed by atoms with Gasteiger partial charge in [0.2, 0.25) is 0 Å². The van der Waals surface area contributed by atoms with Crippen molar-refractivity contribution >= 4 is 23.1 Å². The number of aliphatic hydroxyl groups excluding tert-OH is 1. The first-order valence-corrected chi connectivity index (χ1v) is 10.5. The van der Waals surface area contributed by atoms with Crippen molar-refractivity contribution in [2.45, 2.75) is 33.7 Å². The number of rotatable bonds is 5. The SMILES string of the molecule is CCOc1cccc(/C(O)=C2/C(=O)C(=O)N(c3cc(C)ccc3C)C2c2ccc(C)o2)c1. The number of furan rings is 1. The lowest BCUT2D eigenvalue weighted by Gasteiger charge is -2.25. The van der Waals surface area contributed by atoms with Crippen LogP contribution in [0.4, 0.5) is 5.69 Å². The first kappa shape index (κ1) is 21.4. The molecule has 1 aliphatic heterocycles. The van der Waals surface area contributed by atoms with Crippen molar-refractivity contribution in [1.29, 1.82) is 0 Å². The third-order valence-electron chi connectivity index (χ3n) is 5.52. The summed E-state index contributed by atoms with van der Waals surface area (Å²) in [6, 6.07) is 15.1. The van der Waals surface area contributed by atoms with E-state index >= 15 is 0 Å². The molecule has 1 aliphatic rings. The standard InChI is InChI=1S/C26H25NO5/c1-5-31-19-8-6-7-18(14-19)24(28)22-23(21-12-11-17(4)32-21)27(26(30)25(22)29)20-13-15(2)9-10-16(20)3/h6-14,23,28H,5H2,1-4H3/b24-22-. The molecule has 0 radical (unpaired) electrons. The lowest BCUT2D eigenvalue weighted by atomic mass is 9.98. The quantitative estimate of drug-likeness (QED) is 0.340. The third kappa shape index (κ3) is 3.68. The maximum absolute atomic E-state index is 13.2. The van der Waals surface area contributed by atoms with Crippen LogP contribution in [-0.4, -0.2) is 23.4 Å². The van der Waals surface area contributed by atoms with Gasteiger partial charge in [-0.3, -0.25) is 14.5 Å². The van der Waals surface area contributed by atoms with Crippen molar-refractivity contribution in [3.05, 3.63) is 88.4 Å². The fraction of sp³-hybridized carbons (Fsp3) is 0.231. The highest BCUT2D eigenvalue weighted by atomic mass is 16.5. The highest BCUT2D eigenvalue weighted by Gasteiger charge is 2.48. The molecule has 0 spiro atoms. The molecule has 6 heteroatoms. The van der Waals surface area contributed by atoms with E-state index in [2.05, 4.69) is 0 Å². The Balaban J connectivity index is 1.94. The maximum atomic E-state index is 13.2. The Morgan fingerprint density at radius 1 is 1.06 bits per heavy atom. The van der Waals surface area contributed by atoms with Crippen molar-refractivity contribution in [1.82, 2.24) is 0 Å². The van der Waals surface area contributed by atoms with Crippen LogP contribution < -0.4 is 9.64 Å². The van der Waals surface area contributed by atoms with Crippen molar-refractivity contribution in [2.24, 2.45) is 0 Å². The maximum Gasteiger partial charge on any atom is 0.300 e. The number of amides is 1. The van der Waals surface area contributed by atoms with Crippen molar-refractivity contribution < 1.29 is 23.8 Å². The molecular formula is C26H25NO5. The second-order valence-electron chi connectivity index (χ2n) is 7.87. The van der Waals surface area contributed by atoms with Gasteiger partial charge >= 0.3 is 0 Å². The molecule has 32 heavy (non-hydrogen) atoms. The van der Waals surface area contributed by atoms with Crippen molar-refractivity contribution in [2.75, 3.05) is 11.5 Å². The van der Waals surface area contributed by atoms with E-state index in [9.17, 15) is 14.7 Å². The van der Waals surface area contributed by atoms with E-state index < -0.39 is 17.7 Å². The van der Waals surface area contributed by atoms with Gasteiger partial charge in [-0.2, -0.15) is 0 Å². The van der Waals surface area contributed by atoms with E-state index in [-0.39, 0.29) is 11.3 Å². The van der Waals surface area contributed by atoms with Gasteiger partial charge in [0.25, 0.3) is 11.7 Å². The molecule has 1 fully saturated rings. The van der Waals surface area contributed by atoms with Gasteiger partial charge in [0.15, 0.2) is 0 Å². The van der Waals surface area contributed by atoms with Crippen LogP contribution in [0, 0.1) is 20.8 Å². The molecule has 1 atom stereocenters. The Morgan fingerprint density at radius 3 is 2.53 bits per heavy atom. The van der Waals surface area contributed by atoms with E-state index in [0.29, 0.717) is 35.1 Å². The number of hydrogen-bond acceptors (Lipinski definition) is 5. The summed E-state index contributed by atoms with van der Waals surface area (Å²) in [6.45, 7) is 7.92. The predicted octanol–water partition coefficient (Wildman–Crippen LogP) is 5.23. The molecule has 4 rings (SSSR count). The number of carbonyl (C=O) groups excluding carboxylic acids is 2. The summed E-state index contributed by atoms with van der Waals surface area (Å²) in [4.78, 5) is 27.9. The van der Waals surface area contributed by atoms with E-state index in [1.165, 1.54) is 4.90 Å². The predicted molar refractivity (Wildman–Crippen MR) is 122 cm³/mol. The zero-order valence-electron chi connectivity index (χ0n) is 18.5. The van der Waals surface area contributed by atoms with Crippen molar-refractivity contribution in [3.63, 3.8) is 0 Å². The minimum atomic E-state index is -0.889. The Labute approximate surface area is 186 Å². The Hall–Kier alpha value is -3.80. The summed E-state index contributed by atoms with van der Waals surface area (Å²) in [5, 5.41) is 11.2. The van der Waals surface area contributed by atoms with Crippen LogP contribution in [0.3, 0.4) is 0 Å². The van der Waals surface area contributed by atoms with E-state index in [1.807, 2.05) is 39.0 Å². The van der Waals surface area contributed by atoms with Gasteiger partial charge in [-0.05, 0) is 69.2 Å². The van der Waals surface area contributed by atoms with Crippen LogP contribution in [0.25, 0.3) is 5.76 Å². The highest BCUT2D eigenvalue weighted by Crippen LogP contribution is 2.43. The number of aryl methyl sites for hydroxylation is 3. The number of Topliss-reactive ketones (excluding diaryl/α,β-unsaturated/α-hetero) is 1. The second kappa shape index (κ2) is 8.38. The van der Waals surface area contributed by atoms with Crippen LogP contribution in [0.1, 0.15) is 41.2 Å². The zero-order chi connectivity index (χ0) is 23.0. The molecule has 2 aromatic carbocycles. The zero-order valence-corrected chi connectivity index (χ0v) is 18.5. The van der Waals surface area contributed by atoms with Crippen LogP contribution in [-0.2, 0) is 9.59 Å². The van der Waals surface area contributed by atoms with Gasteiger partial charge in [-0.1, -0.05) is 24.3 Å². The molecule has 0 bridgehead atoms. The Morgan fingerprint density at radius 2 is 1.84 bits per heavy atom. The molecule has 0 aliphatic carbocycles. The molecule has 1 N–H and O–H groups in total. The first-order chi connectivity index (χ1) is 15.3. The van der Waals surface area contributed by atoms with Gasteiger partial charge < -0.3 is 14.3 Å². The number of ether oxygens (including phenoxy) is 1. The lowest BCUT2D eigenvalue weighted by Crippen LogP contribution is -2.30. The average Bonchev–Trinajstić information content (AvgIpc) is 3.31. The topological polar surface area (TPSA) is 80.0 Å². The van der Waals surface area contributed by atoms with Crippen LogP contribution in [0.15, 0.2) is 64.6 Å². The minimum absolute atomic E-state index is 0.0149. The summed E-state index contributed by atoms with van der Waals surface area (Å²) >= 11 is 0. The van der Waals surface area contributed by atoms with Crippen molar-refractivity contribution in [3.8, 4) is 5.75 Å². The summed E-state index contributed by atoms with van der Waals surface area (Å²) in [6.07, 6.45) is 0. The number of carbonyl (C=O) groups is 2. The highest BCUT2D eigenvalue weighted by molar-refractivity contribution is 6.51. The molecule has 1 aromatic heterocycles. The largest absolute Gasteiger partial charge is 0.507 e. The van der Waals surface area contributed by atoms with E-state index in [4.69, 9.17) is 9.15 Å². The molecule has 6 nitrogen and oxygen atoms in total. The number of benzene rings is 2. The minimum Gasteiger partial charge on any atom is -0.507 e. The van der Waals surface area contributed by atoms with Gasteiger partial charge in [-0.25, -0.2) is 0 Å². The van der Waals surface area contributed by atoms with Gasteiger partial charge in [0, 0.05) is 11.3 Å². The molecule has 2 heterocycles. The van der Waals surface area contributed by atoms with Gasteiger partial charge in [0.1, 0.15) is 29.1 Å². The summed E-state index contributed by atoms with van der Waals surface area (Å²) < 4.78 is 11.4. The molecule has 164 valence electrons. The molecule has 3 aromatic rings. The van der Waals surface area contributed by atoms with E-state index in [0.717, 1.165) is 11.1 Å². The van der Waals surface area contributed by atoms with Gasteiger partial charge in [-0.15, -0.1) is 0 Å². The first-order valence-electron chi connectivity index (χ1n) is 10.5. The van der Waals surface area contributed by atoms with Crippen LogP contribution in [0.5, 0.6) is 5.75 Å². The lowest BCUT2D eigenvalue weighted by molar-refractivity contribution is -0.132. The van der Waals surface area contributed by atoms with Crippen LogP contribution >= 0.6 is 0 Å². The Bertz CT molecular complexity index is 1240. The Kier molecular flexibility index (Phi) is 5.61. The second-order valence-corrected chi connectivity index (χ2v) is 7.87. The third-order valence-corrected chi connectivity index (χ3v) is 5.52. The molecule has 1 amide bonds. The fourth-order valence-corrected chi connectivity index (χ4v) is 3.98. The number of anilines is 1. The summed E-state index contributed by atoms with van der Waals surface area (Å²) in [5.74, 6) is -0.123. The van der Waals surface area contributed by atoms with E-state index in [1.54, 1.807) is 43.3 Å². The number of ketones is 1. The number of hydrogen-bond donors (Lipinski definition) is 1. The summed E-state index contributed by atoms with van der Waals surface area (Å²) in [7, 11) is 0. The fourth-order valence-electron chi connectivity index (χ4n) is 3.98. The molecule has 1 saturated heterocycles. The molecular weight excluding hydrogens is 406 g/mol.